The van der Waals surface area contributed by atoms with Crippen molar-refractivity contribution < 1.29 is 9.90 Å². The van der Waals surface area contributed by atoms with Crippen LogP contribution in [0.3, 0.4) is 0 Å². The predicted octanol–water partition coefficient (Wildman–Crippen LogP) is 3.74. The van der Waals surface area contributed by atoms with Gasteiger partial charge in [0.15, 0.2) is 5.78 Å². The molecule has 0 bridgehead atoms. The second-order valence-corrected chi connectivity index (χ2v) is 8.48. The third kappa shape index (κ3) is 1.91. The summed E-state index contributed by atoms with van der Waals surface area (Å²) in [5.41, 5.74) is 1.64. The smallest absolute Gasteiger partial charge is 0.158 e. The number of ketones is 1. The van der Waals surface area contributed by atoms with Gasteiger partial charge in [-0.3, -0.25) is 4.79 Å². The highest BCUT2D eigenvalue weighted by Gasteiger charge is 2.56. The maximum atomic E-state index is 12.0. The lowest BCUT2D eigenvalue weighted by Gasteiger charge is -2.53. The van der Waals surface area contributed by atoms with E-state index >= 15 is 0 Å². The molecule has 2 nitrogen and oxygen atoms in total. The minimum atomic E-state index is -0.0766. The van der Waals surface area contributed by atoms with Crippen LogP contribution < -0.4 is 0 Å². The summed E-state index contributed by atoms with van der Waals surface area (Å²) in [6.07, 6.45) is 10.1. The van der Waals surface area contributed by atoms with Crippen molar-refractivity contribution in [2.75, 3.05) is 0 Å². The Morgan fingerprint density at radius 1 is 1.19 bits per heavy atom. The summed E-state index contributed by atoms with van der Waals surface area (Å²) in [6.45, 7) is 4.44. The van der Waals surface area contributed by atoms with Crippen molar-refractivity contribution in [2.24, 2.45) is 35.0 Å². The number of hydrogen-bond acceptors (Lipinski definition) is 2. The fourth-order valence-electron chi connectivity index (χ4n) is 6.33. The molecule has 0 amide bonds. The highest BCUT2D eigenvalue weighted by molar-refractivity contribution is 5.93. The van der Waals surface area contributed by atoms with E-state index in [1.165, 1.54) is 31.3 Å². The van der Waals surface area contributed by atoms with Gasteiger partial charge < -0.3 is 5.11 Å². The van der Waals surface area contributed by atoms with Crippen LogP contribution in [0.25, 0.3) is 0 Å². The molecular weight excluding hydrogens is 260 g/mol. The topological polar surface area (TPSA) is 37.3 Å². The number of rotatable bonds is 0. The van der Waals surface area contributed by atoms with Gasteiger partial charge in [-0.1, -0.05) is 19.4 Å². The zero-order valence-electron chi connectivity index (χ0n) is 13.3. The number of carbonyl (C=O) groups is 1. The molecule has 116 valence electrons. The minimum Gasteiger partial charge on any atom is -0.393 e. The zero-order chi connectivity index (χ0) is 14.8. The van der Waals surface area contributed by atoms with Gasteiger partial charge in [0, 0.05) is 5.92 Å². The van der Waals surface area contributed by atoms with Crippen molar-refractivity contribution in [1.82, 2.24) is 0 Å². The first kappa shape index (κ1) is 14.0. The normalized spacial score (nSPS) is 52.7. The third-order valence-corrected chi connectivity index (χ3v) is 7.62. The van der Waals surface area contributed by atoms with Crippen LogP contribution in [0.1, 0.15) is 58.8 Å². The first-order chi connectivity index (χ1) is 10.0. The molecule has 0 radical (unpaired) electrons. The van der Waals surface area contributed by atoms with Crippen molar-refractivity contribution in [2.45, 2.75) is 64.9 Å². The van der Waals surface area contributed by atoms with Gasteiger partial charge in [0.1, 0.15) is 0 Å². The number of allylic oxidation sites excluding steroid dienone is 1. The summed E-state index contributed by atoms with van der Waals surface area (Å²) in [6, 6.07) is 0. The molecule has 0 unspecified atom stereocenters. The number of carbonyl (C=O) groups excluding carboxylic acids is 1. The Labute approximate surface area is 128 Å². The second-order valence-electron chi connectivity index (χ2n) is 8.48. The van der Waals surface area contributed by atoms with E-state index in [0.717, 1.165) is 37.0 Å². The Morgan fingerprint density at radius 3 is 2.81 bits per heavy atom. The SMILES string of the molecule is C[C@@H]1C[C@@H]2C(=CC1=O)CC[C@@H]1[C@@H]2CC[C@]2(C)[C@H](O)CC[C@@H]12. The first-order valence-corrected chi connectivity index (χ1v) is 8.93. The van der Waals surface area contributed by atoms with E-state index in [4.69, 9.17) is 0 Å². The Kier molecular flexibility index (Phi) is 3.12. The summed E-state index contributed by atoms with van der Waals surface area (Å²) in [7, 11) is 0. The molecule has 4 aliphatic carbocycles. The van der Waals surface area contributed by atoms with Gasteiger partial charge in [-0.05, 0) is 80.1 Å². The van der Waals surface area contributed by atoms with Crippen LogP contribution in [0, 0.1) is 35.0 Å². The molecular formula is C19H28O2. The van der Waals surface area contributed by atoms with Crippen molar-refractivity contribution in [3.05, 3.63) is 11.6 Å². The van der Waals surface area contributed by atoms with Crippen LogP contribution in [0.5, 0.6) is 0 Å². The van der Waals surface area contributed by atoms with Gasteiger partial charge in [-0.2, -0.15) is 0 Å². The molecule has 4 aliphatic rings. The molecule has 3 saturated carbocycles. The van der Waals surface area contributed by atoms with Gasteiger partial charge >= 0.3 is 0 Å². The fourth-order valence-corrected chi connectivity index (χ4v) is 6.33. The van der Waals surface area contributed by atoms with E-state index < -0.39 is 0 Å². The molecule has 2 heteroatoms. The molecule has 0 spiro atoms. The van der Waals surface area contributed by atoms with Crippen LogP contribution in [-0.2, 0) is 4.79 Å². The predicted molar refractivity (Wildman–Crippen MR) is 82.6 cm³/mol. The number of aliphatic hydroxyl groups excluding tert-OH is 1. The van der Waals surface area contributed by atoms with Gasteiger partial charge in [0.2, 0.25) is 0 Å². The van der Waals surface area contributed by atoms with Crippen LogP contribution in [-0.4, -0.2) is 17.0 Å². The lowest BCUT2D eigenvalue weighted by molar-refractivity contribution is -0.119. The van der Waals surface area contributed by atoms with Gasteiger partial charge in [-0.15, -0.1) is 0 Å². The average Bonchev–Trinajstić information content (AvgIpc) is 2.76. The third-order valence-electron chi connectivity index (χ3n) is 7.62. The van der Waals surface area contributed by atoms with E-state index in [-0.39, 0.29) is 17.4 Å². The van der Waals surface area contributed by atoms with Crippen molar-refractivity contribution in [3.63, 3.8) is 0 Å². The van der Waals surface area contributed by atoms with Gasteiger partial charge in [-0.25, -0.2) is 0 Å². The molecule has 0 heterocycles. The molecule has 3 fully saturated rings. The van der Waals surface area contributed by atoms with Crippen LogP contribution >= 0.6 is 0 Å². The highest BCUT2D eigenvalue weighted by atomic mass is 16.3. The number of hydrogen-bond donors (Lipinski definition) is 1. The molecule has 0 aromatic carbocycles. The largest absolute Gasteiger partial charge is 0.393 e. The number of fused-ring (bicyclic) bond motifs is 5. The van der Waals surface area contributed by atoms with Crippen molar-refractivity contribution in [3.8, 4) is 0 Å². The molecule has 0 aliphatic heterocycles. The van der Waals surface area contributed by atoms with Crippen LogP contribution in [0.15, 0.2) is 11.6 Å². The standard InChI is InChI=1S/C19H28O2/c1-11-9-15-12(10-17(11)20)3-4-14-13(15)7-8-19(2)16(14)5-6-18(19)21/h10-11,13-16,18,21H,3-9H2,1-2H3/t11-,13+,14-,15-,16+,18-,19+/m1/s1. The summed E-state index contributed by atoms with van der Waals surface area (Å²) in [5.74, 6) is 3.54. The second kappa shape index (κ2) is 4.68. The first-order valence-electron chi connectivity index (χ1n) is 8.93. The summed E-state index contributed by atoms with van der Waals surface area (Å²) >= 11 is 0. The molecule has 4 rings (SSSR count). The molecule has 0 aromatic rings. The highest BCUT2D eigenvalue weighted by Crippen LogP contribution is 2.61. The number of aliphatic hydroxyl groups is 1. The van der Waals surface area contributed by atoms with Crippen LogP contribution in [0.4, 0.5) is 0 Å². The quantitative estimate of drug-likeness (QED) is 0.737. The average molecular weight is 288 g/mol. The van der Waals surface area contributed by atoms with Crippen molar-refractivity contribution >= 4 is 5.78 Å². The Morgan fingerprint density at radius 2 is 2.00 bits per heavy atom. The lowest BCUT2D eigenvalue weighted by Crippen LogP contribution is -2.48. The zero-order valence-corrected chi connectivity index (χ0v) is 13.3. The summed E-state index contributed by atoms with van der Waals surface area (Å²) in [5, 5.41) is 10.4. The molecule has 1 N–H and O–H groups in total. The van der Waals surface area contributed by atoms with Crippen LogP contribution in [0.2, 0.25) is 0 Å². The maximum absolute atomic E-state index is 12.0. The Bertz CT molecular complexity index is 494. The Hall–Kier alpha value is -0.630. The molecule has 21 heavy (non-hydrogen) atoms. The summed E-state index contributed by atoms with van der Waals surface area (Å²) < 4.78 is 0. The summed E-state index contributed by atoms with van der Waals surface area (Å²) in [4.78, 5) is 12.0. The van der Waals surface area contributed by atoms with E-state index in [1.54, 1.807) is 0 Å². The van der Waals surface area contributed by atoms with Gasteiger partial charge in [0.25, 0.3) is 0 Å². The van der Waals surface area contributed by atoms with E-state index in [0.29, 0.717) is 11.7 Å². The molecule has 7 atom stereocenters. The lowest BCUT2D eigenvalue weighted by atomic mass is 9.51. The molecule has 0 saturated heterocycles. The maximum Gasteiger partial charge on any atom is 0.158 e. The molecule has 0 aromatic heterocycles. The Balaban J connectivity index is 1.63. The van der Waals surface area contributed by atoms with E-state index in [2.05, 4.69) is 13.8 Å². The van der Waals surface area contributed by atoms with Crippen molar-refractivity contribution in [1.29, 1.82) is 0 Å². The monoisotopic (exact) mass is 288 g/mol. The minimum absolute atomic E-state index is 0.0766. The fraction of sp³-hybridized carbons (Fsp3) is 0.842. The van der Waals surface area contributed by atoms with E-state index in [9.17, 15) is 9.90 Å². The van der Waals surface area contributed by atoms with E-state index in [1.807, 2.05) is 6.08 Å². The van der Waals surface area contributed by atoms with Gasteiger partial charge in [0.05, 0.1) is 6.10 Å².